The molecule has 0 aliphatic rings. The summed E-state index contributed by atoms with van der Waals surface area (Å²) in [4.78, 5) is 11.1. The number of carbonyl (C=O) groups excluding carboxylic acids is 1. The van der Waals surface area contributed by atoms with Crippen LogP contribution in [-0.4, -0.2) is 37.3 Å². The first-order chi connectivity index (χ1) is 7.22. The van der Waals surface area contributed by atoms with Crippen LogP contribution in [0.4, 0.5) is 0 Å². The van der Waals surface area contributed by atoms with E-state index >= 15 is 0 Å². The Morgan fingerprint density at radius 3 is 2.38 bits per heavy atom. The Kier molecular flexibility index (Phi) is 5.84. The van der Waals surface area contributed by atoms with Crippen LogP contribution in [0.1, 0.15) is 20.8 Å². The Labute approximate surface area is 101 Å². The van der Waals surface area contributed by atoms with Crippen molar-refractivity contribution in [1.82, 2.24) is 4.72 Å². The molecule has 0 fully saturated rings. The highest BCUT2D eigenvalue weighted by molar-refractivity contribution is 7.93. The minimum absolute atomic E-state index is 0.149. The Hall–Kier alpha value is -0.730. The number of nitrogens with one attached hydrogen (secondary N) is 1. The molecule has 2 unspecified atom stereocenters. The van der Waals surface area contributed by atoms with Gasteiger partial charge in [-0.15, -0.1) is 0 Å². The second-order valence-corrected chi connectivity index (χ2v) is 5.69. The fraction of sp³-hybridized carbons (Fsp3) is 0.750. The van der Waals surface area contributed by atoms with Gasteiger partial charge in [-0.25, -0.2) is 13.1 Å². The molecule has 0 heterocycles. The van der Waals surface area contributed by atoms with Crippen molar-refractivity contribution in [3.05, 3.63) is 0 Å². The number of nitrogens with two attached hydrogens (primary N) is 1. The van der Waals surface area contributed by atoms with Crippen LogP contribution in [0.15, 0.2) is 0 Å². The summed E-state index contributed by atoms with van der Waals surface area (Å²) in [6.45, 7) is 4.57. The summed E-state index contributed by atoms with van der Waals surface area (Å²) in [5, 5.41) is -1.03. The lowest BCUT2D eigenvalue weighted by Crippen LogP contribution is -2.46. The summed E-state index contributed by atoms with van der Waals surface area (Å²) in [7, 11) is -3.74. The van der Waals surface area contributed by atoms with E-state index in [1.54, 1.807) is 6.92 Å². The van der Waals surface area contributed by atoms with E-state index in [0.717, 1.165) is 0 Å². The van der Waals surface area contributed by atoms with E-state index in [1.165, 1.54) is 13.8 Å². The Morgan fingerprint density at radius 2 is 2.00 bits per heavy atom. The smallest absolute Gasteiger partial charge is 0.323 e. The normalized spacial score (nSPS) is 15.2. The van der Waals surface area contributed by atoms with E-state index in [4.69, 9.17) is 5.73 Å². The summed E-state index contributed by atoms with van der Waals surface area (Å²) in [5.41, 5.74) is 5.23. The lowest BCUT2D eigenvalue weighted by atomic mass is 10.4. The molecule has 0 spiro atoms. The van der Waals surface area contributed by atoms with Crippen molar-refractivity contribution in [1.29, 1.82) is 0 Å². The van der Waals surface area contributed by atoms with Gasteiger partial charge in [0.25, 0.3) is 0 Å². The monoisotopic (exact) mass is 268 g/mol. The summed E-state index contributed by atoms with van der Waals surface area (Å²) in [6.07, 6.45) is 0. The third-order valence-corrected chi connectivity index (χ3v) is 4.22. The molecule has 0 aromatic rings. The topological polar surface area (TPSA) is 98.5 Å². The van der Waals surface area contributed by atoms with Gasteiger partial charge in [0.05, 0.1) is 11.6 Å². The summed E-state index contributed by atoms with van der Waals surface area (Å²) in [5.74, 6) is -0.638. The lowest BCUT2D eigenvalue weighted by Gasteiger charge is -2.16. The van der Waals surface area contributed by atoms with Crippen LogP contribution < -0.4 is 10.5 Å². The molecule has 0 saturated carbocycles. The molecule has 0 aliphatic heterocycles. The second-order valence-electron chi connectivity index (χ2n) is 3.18. The van der Waals surface area contributed by atoms with Crippen LogP contribution in [0, 0.1) is 0 Å². The maximum absolute atomic E-state index is 11.6. The number of ether oxygens (including phenoxy) is 1. The number of hydrogen-bond acceptors (Lipinski definition) is 5. The molecule has 3 N–H and O–H groups in total. The van der Waals surface area contributed by atoms with E-state index < -0.39 is 27.3 Å². The van der Waals surface area contributed by atoms with Gasteiger partial charge in [0, 0.05) is 0 Å². The Balaban J connectivity index is 4.60. The van der Waals surface area contributed by atoms with Gasteiger partial charge < -0.3 is 10.5 Å². The number of carbonyl (C=O) groups is 1. The molecule has 0 saturated heterocycles. The van der Waals surface area contributed by atoms with Crippen molar-refractivity contribution in [2.75, 3.05) is 6.61 Å². The summed E-state index contributed by atoms with van der Waals surface area (Å²) < 4.78 is 30.0. The molecule has 0 bridgehead atoms. The fourth-order valence-corrected chi connectivity index (χ4v) is 2.30. The third kappa shape index (κ3) is 4.42. The maximum Gasteiger partial charge on any atom is 0.323 e. The molecule has 94 valence electrons. The zero-order chi connectivity index (χ0) is 12.9. The Morgan fingerprint density at radius 1 is 1.50 bits per heavy atom. The Bertz CT molecular complexity index is 366. The average molecular weight is 268 g/mol. The first-order valence-corrected chi connectivity index (χ1v) is 6.65. The van der Waals surface area contributed by atoms with Gasteiger partial charge in [-0.2, -0.15) is 0 Å². The van der Waals surface area contributed by atoms with Gasteiger partial charge in [0.2, 0.25) is 10.0 Å². The zero-order valence-electron chi connectivity index (χ0n) is 9.39. The summed E-state index contributed by atoms with van der Waals surface area (Å²) >= 11 is 4.58. The molecule has 6 nitrogen and oxygen atoms in total. The molecular formula is C8H16N2O4S2. The highest BCUT2D eigenvalue weighted by Gasteiger charge is 2.27. The van der Waals surface area contributed by atoms with Crippen molar-refractivity contribution in [2.45, 2.75) is 32.1 Å². The predicted molar refractivity (Wildman–Crippen MR) is 64.4 cm³/mol. The van der Waals surface area contributed by atoms with Crippen molar-refractivity contribution in [2.24, 2.45) is 5.73 Å². The molecular weight excluding hydrogens is 252 g/mol. The minimum atomic E-state index is -3.74. The molecule has 0 radical (unpaired) electrons. The molecule has 8 heteroatoms. The maximum atomic E-state index is 11.6. The van der Waals surface area contributed by atoms with Crippen LogP contribution in [0.2, 0.25) is 0 Å². The molecule has 16 heavy (non-hydrogen) atoms. The van der Waals surface area contributed by atoms with E-state index in [-0.39, 0.29) is 11.6 Å². The number of esters is 1. The van der Waals surface area contributed by atoms with Gasteiger partial charge in [0.15, 0.2) is 0 Å². The number of thiocarbonyl (C=S) groups is 1. The quantitative estimate of drug-likeness (QED) is 0.499. The van der Waals surface area contributed by atoms with Gasteiger partial charge in [-0.05, 0) is 20.8 Å². The van der Waals surface area contributed by atoms with Crippen molar-refractivity contribution < 1.29 is 17.9 Å². The molecule has 0 amide bonds. The van der Waals surface area contributed by atoms with Crippen LogP contribution in [0.3, 0.4) is 0 Å². The summed E-state index contributed by atoms with van der Waals surface area (Å²) in [6, 6.07) is -0.957. The highest BCUT2D eigenvalue weighted by Crippen LogP contribution is 2.01. The number of hydrogen-bond donors (Lipinski definition) is 2. The first kappa shape index (κ1) is 15.3. The van der Waals surface area contributed by atoms with Gasteiger partial charge in [-0.1, -0.05) is 12.2 Å². The van der Waals surface area contributed by atoms with E-state index in [0.29, 0.717) is 0 Å². The van der Waals surface area contributed by atoms with Gasteiger partial charge in [-0.3, -0.25) is 4.79 Å². The standard InChI is InChI=1S/C8H16N2O4S2/c1-4-14-8(11)5(2)10-16(12,13)6(3)7(9)15/h5-6,10H,4H2,1-3H3,(H2,9,15). The van der Waals surface area contributed by atoms with E-state index in [9.17, 15) is 13.2 Å². The van der Waals surface area contributed by atoms with E-state index in [2.05, 4.69) is 21.7 Å². The molecule has 0 aromatic heterocycles. The zero-order valence-corrected chi connectivity index (χ0v) is 11.0. The predicted octanol–water partition coefficient (Wildman–Crippen LogP) is -0.468. The molecule has 2 atom stereocenters. The number of rotatable bonds is 6. The molecule has 0 rings (SSSR count). The highest BCUT2D eigenvalue weighted by atomic mass is 32.2. The fourth-order valence-electron chi connectivity index (χ4n) is 0.817. The van der Waals surface area contributed by atoms with E-state index in [1.807, 2.05) is 0 Å². The second kappa shape index (κ2) is 6.12. The van der Waals surface area contributed by atoms with Gasteiger partial charge >= 0.3 is 5.97 Å². The number of sulfonamides is 1. The van der Waals surface area contributed by atoms with Crippen molar-refractivity contribution in [3.63, 3.8) is 0 Å². The van der Waals surface area contributed by atoms with Crippen molar-refractivity contribution in [3.8, 4) is 0 Å². The van der Waals surface area contributed by atoms with Crippen LogP contribution in [0.5, 0.6) is 0 Å². The van der Waals surface area contributed by atoms with Crippen molar-refractivity contribution >= 4 is 33.2 Å². The first-order valence-electron chi connectivity index (χ1n) is 4.69. The van der Waals surface area contributed by atoms with Crippen LogP contribution >= 0.6 is 12.2 Å². The van der Waals surface area contributed by atoms with Crippen LogP contribution in [-0.2, 0) is 19.6 Å². The SMILES string of the molecule is CCOC(=O)C(C)NS(=O)(=O)C(C)C(N)=S. The average Bonchev–Trinajstić information content (AvgIpc) is 2.16. The lowest BCUT2D eigenvalue weighted by molar-refractivity contribution is -0.144. The van der Waals surface area contributed by atoms with Crippen LogP contribution in [0.25, 0.3) is 0 Å². The largest absolute Gasteiger partial charge is 0.465 e. The van der Waals surface area contributed by atoms with Gasteiger partial charge in [0.1, 0.15) is 11.3 Å². The molecule has 0 aliphatic carbocycles. The minimum Gasteiger partial charge on any atom is -0.465 e. The molecule has 0 aromatic carbocycles. The third-order valence-electron chi connectivity index (χ3n) is 1.85.